The van der Waals surface area contributed by atoms with E-state index in [1.54, 1.807) is 0 Å². The molecule has 1 amide bonds. The van der Waals surface area contributed by atoms with Crippen molar-refractivity contribution >= 4 is 33.4 Å². The lowest BCUT2D eigenvalue weighted by molar-refractivity contribution is -0.143. The van der Waals surface area contributed by atoms with Crippen molar-refractivity contribution in [3.8, 4) is 5.69 Å². The number of carbonyl (C=O) groups is 2. The highest BCUT2D eigenvalue weighted by molar-refractivity contribution is 7.20. The average Bonchev–Trinajstić information content (AvgIpc) is 3.32. The van der Waals surface area contributed by atoms with Crippen molar-refractivity contribution in [3.63, 3.8) is 0 Å². The first-order valence-corrected chi connectivity index (χ1v) is 9.96. The van der Waals surface area contributed by atoms with Crippen LogP contribution < -0.4 is 5.32 Å². The summed E-state index contributed by atoms with van der Waals surface area (Å²) < 4.78 is 7.02. The molecule has 0 atom stereocenters. The van der Waals surface area contributed by atoms with Crippen LogP contribution in [0.3, 0.4) is 0 Å². The van der Waals surface area contributed by atoms with Gasteiger partial charge in [0.15, 0.2) is 0 Å². The third kappa shape index (κ3) is 4.20. The van der Waals surface area contributed by atoms with E-state index in [1.165, 1.54) is 11.3 Å². The number of rotatable bonds is 6. The van der Waals surface area contributed by atoms with E-state index in [4.69, 9.17) is 4.74 Å². The van der Waals surface area contributed by atoms with Gasteiger partial charge >= 0.3 is 5.97 Å². The van der Waals surface area contributed by atoms with Gasteiger partial charge in [-0.05, 0) is 30.7 Å². The first kappa shape index (κ1) is 18.9. The van der Waals surface area contributed by atoms with Gasteiger partial charge < -0.3 is 10.1 Å². The number of nitrogens with one attached hydrogen (secondary N) is 1. The van der Waals surface area contributed by atoms with Gasteiger partial charge in [0.2, 0.25) is 0 Å². The Hall–Kier alpha value is -3.45. The van der Waals surface area contributed by atoms with E-state index in [1.807, 2.05) is 78.3 Å². The average molecular weight is 405 g/mol. The van der Waals surface area contributed by atoms with Crippen molar-refractivity contribution in [2.45, 2.75) is 13.5 Å². The Balaban J connectivity index is 1.42. The summed E-state index contributed by atoms with van der Waals surface area (Å²) in [7, 11) is 0. The predicted molar refractivity (Wildman–Crippen MR) is 112 cm³/mol. The Bertz CT molecular complexity index is 1150. The fourth-order valence-corrected chi connectivity index (χ4v) is 4.03. The zero-order valence-corrected chi connectivity index (χ0v) is 16.6. The zero-order chi connectivity index (χ0) is 20.2. The monoisotopic (exact) mass is 405 g/mol. The van der Waals surface area contributed by atoms with Gasteiger partial charge in [0.25, 0.3) is 5.91 Å². The van der Waals surface area contributed by atoms with E-state index in [9.17, 15) is 9.59 Å². The number of benzene rings is 2. The molecule has 0 radical (unpaired) electrons. The molecule has 4 rings (SSSR count). The lowest BCUT2D eigenvalue weighted by Crippen LogP contribution is -2.30. The van der Waals surface area contributed by atoms with Crippen LogP contribution in [0.2, 0.25) is 0 Å². The summed E-state index contributed by atoms with van der Waals surface area (Å²) in [5, 5.41) is 8.13. The normalized spacial score (nSPS) is 10.8. The van der Waals surface area contributed by atoms with E-state index >= 15 is 0 Å². The quantitative estimate of drug-likeness (QED) is 0.494. The third-order valence-electron chi connectivity index (χ3n) is 4.41. The molecular formula is C22H19N3O3S. The van der Waals surface area contributed by atoms with Gasteiger partial charge in [-0.1, -0.05) is 48.5 Å². The van der Waals surface area contributed by atoms with Crippen LogP contribution in [0.5, 0.6) is 0 Å². The molecule has 0 spiro atoms. The highest BCUT2D eigenvalue weighted by atomic mass is 32.1. The highest BCUT2D eigenvalue weighted by Gasteiger charge is 2.17. The van der Waals surface area contributed by atoms with E-state index in [-0.39, 0.29) is 19.1 Å². The van der Waals surface area contributed by atoms with Crippen LogP contribution in [0.4, 0.5) is 0 Å². The minimum Gasteiger partial charge on any atom is -0.460 e. The molecule has 0 bridgehead atoms. The second-order valence-electron chi connectivity index (χ2n) is 6.49. The van der Waals surface area contributed by atoms with Crippen molar-refractivity contribution in [1.29, 1.82) is 0 Å². The van der Waals surface area contributed by atoms with Gasteiger partial charge in [0, 0.05) is 5.39 Å². The third-order valence-corrected chi connectivity index (χ3v) is 5.51. The molecule has 29 heavy (non-hydrogen) atoms. The predicted octanol–water partition coefficient (Wildman–Crippen LogP) is 3.87. The Morgan fingerprint density at radius 3 is 2.48 bits per heavy atom. The Morgan fingerprint density at radius 1 is 1.07 bits per heavy atom. The molecule has 4 aromatic rings. The number of amides is 1. The minimum absolute atomic E-state index is 0.177. The van der Waals surface area contributed by atoms with Crippen LogP contribution in [0.25, 0.3) is 15.9 Å². The topological polar surface area (TPSA) is 73.2 Å². The van der Waals surface area contributed by atoms with Gasteiger partial charge in [-0.15, -0.1) is 11.3 Å². The molecule has 2 heterocycles. The molecule has 1 N–H and O–H groups in total. The number of ether oxygens (including phenoxy) is 1. The van der Waals surface area contributed by atoms with Gasteiger partial charge in [-0.25, -0.2) is 4.68 Å². The summed E-state index contributed by atoms with van der Waals surface area (Å²) >= 11 is 1.35. The second kappa shape index (κ2) is 8.28. The van der Waals surface area contributed by atoms with E-state index in [0.29, 0.717) is 4.88 Å². The molecule has 0 fully saturated rings. The Kier molecular flexibility index (Phi) is 5.39. The Labute approximate surface area is 171 Å². The van der Waals surface area contributed by atoms with Crippen molar-refractivity contribution in [2.24, 2.45) is 0 Å². The number of fused-ring (bicyclic) bond motifs is 1. The van der Waals surface area contributed by atoms with E-state index < -0.39 is 5.97 Å². The molecule has 0 aliphatic rings. The summed E-state index contributed by atoms with van der Waals surface area (Å²) in [5.41, 5.74) is 2.68. The second-order valence-corrected chi connectivity index (χ2v) is 7.52. The lowest BCUT2D eigenvalue weighted by Gasteiger charge is -2.06. The maximum Gasteiger partial charge on any atom is 0.325 e. The fraction of sp³-hybridized carbons (Fsp3) is 0.136. The van der Waals surface area contributed by atoms with Crippen LogP contribution >= 0.6 is 11.3 Å². The summed E-state index contributed by atoms with van der Waals surface area (Å²) in [6, 6.07) is 21.0. The number of thiophene rings is 1. The first-order chi connectivity index (χ1) is 14.1. The number of esters is 1. The molecule has 0 saturated heterocycles. The summed E-state index contributed by atoms with van der Waals surface area (Å²) in [6.45, 7) is 1.92. The van der Waals surface area contributed by atoms with E-state index in [2.05, 4.69) is 10.4 Å². The van der Waals surface area contributed by atoms with Crippen LogP contribution in [0.15, 0.2) is 66.7 Å². The molecule has 2 aromatic heterocycles. The molecule has 0 aliphatic carbocycles. The fourth-order valence-electron chi connectivity index (χ4n) is 2.93. The molecule has 7 heteroatoms. The molecular weight excluding hydrogens is 386 g/mol. The zero-order valence-electron chi connectivity index (χ0n) is 15.8. The van der Waals surface area contributed by atoms with Crippen LogP contribution in [0.1, 0.15) is 20.9 Å². The van der Waals surface area contributed by atoms with Crippen LogP contribution in [0, 0.1) is 6.92 Å². The molecule has 0 aliphatic heterocycles. The van der Waals surface area contributed by atoms with Gasteiger partial charge in [0.05, 0.1) is 16.3 Å². The summed E-state index contributed by atoms with van der Waals surface area (Å²) in [4.78, 5) is 25.9. The van der Waals surface area contributed by atoms with Gasteiger partial charge in [-0.2, -0.15) is 5.10 Å². The number of hydrogen-bond acceptors (Lipinski definition) is 5. The van der Waals surface area contributed by atoms with Crippen molar-refractivity contribution in [3.05, 3.63) is 82.9 Å². The summed E-state index contributed by atoms with van der Waals surface area (Å²) in [5.74, 6) is -0.781. The number of aryl methyl sites for hydroxylation is 1. The van der Waals surface area contributed by atoms with Gasteiger partial charge in [0.1, 0.15) is 18.0 Å². The molecule has 0 unspecified atom stereocenters. The van der Waals surface area contributed by atoms with E-state index in [0.717, 1.165) is 27.2 Å². The SMILES string of the molecule is Cc1nn(-c2ccccc2)c2sc(C(=O)NCC(=O)OCc3ccccc3)cc12. The van der Waals surface area contributed by atoms with Crippen LogP contribution in [-0.2, 0) is 16.1 Å². The van der Waals surface area contributed by atoms with Gasteiger partial charge in [-0.3, -0.25) is 9.59 Å². The highest BCUT2D eigenvalue weighted by Crippen LogP contribution is 2.30. The molecule has 2 aromatic carbocycles. The first-order valence-electron chi connectivity index (χ1n) is 9.14. The molecule has 146 valence electrons. The lowest BCUT2D eigenvalue weighted by atomic mass is 10.2. The summed E-state index contributed by atoms with van der Waals surface area (Å²) in [6.07, 6.45) is 0. The standard InChI is InChI=1S/C22H19N3O3S/c1-15-18-12-19(29-22(18)25(24-15)17-10-6-3-7-11-17)21(27)23-13-20(26)28-14-16-8-4-2-5-9-16/h2-12H,13-14H2,1H3,(H,23,27). The maximum atomic E-state index is 12.5. The number of carbonyl (C=O) groups excluding carboxylic acids is 2. The minimum atomic E-state index is -0.477. The van der Waals surface area contributed by atoms with Crippen LogP contribution in [-0.4, -0.2) is 28.2 Å². The number of para-hydroxylation sites is 1. The number of hydrogen-bond donors (Lipinski definition) is 1. The Morgan fingerprint density at radius 2 is 1.76 bits per heavy atom. The molecule has 0 saturated carbocycles. The largest absolute Gasteiger partial charge is 0.460 e. The maximum absolute atomic E-state index is 12.5. The smallest absolute Gasteiger partial charge is 0.325 e. The number of aromatic nitrogens is 2. The van der Waals surface area contributed by atoms with Crippen molar-refractivity contribution < 1.29 is 14.3 Å². The molecule has 6 nitrogen and oxygen atoms in total. The van der Waals surface area contributed by atoms with Crippen molar-refractivity contribution in [1.82, 2.24) is 15.1 Å². The van der Waals surface area contributed by atoms with Crippen molar-refractivity contribution in [2.75, 3.05) is 6.54 Å². The number of nitrogens with zero attached hydrogens (tertiary/aromatic N) is 2.